The highest BCUT2D eigenvalue weighted by atomic mass is 127. The van der Waals surface area contributed by atoms with Crippen LogP contribution in [0.5, 0.6) is 0 Å². The zero-order valence-corrected chi connectivity index (χ0v) is 15.2. The molecule has 0 bridgehead atoms. The molecule has 0 aromatic heterocycles. The Morgan fingerprint density at radius 3 is 2.56 bits per heavy atom. The first kappa shape index (κ1) is 17.3. The highest BCUT2D eigenvalue weighted by molar-refractivity contribution is 14.1. The summed E-state index contributed by atoms with van der Waals surface area (Å²) in [4.78, 5) is 24.3. The molecule has 0 saturated heterocycles. The van der Waals surface area contributed by atoms with Gasteiger partial charge in [-0.2, -0.15) is 0 Å². The summed E-state index contributed by atoms with van der Waals surface area (Å²) in [6.07, 6.45) is 0. The molecule has 0 unspecified atom stereocenters. The summed E-state index contributed by atoms with van der Waals surface area (Å²) in [5.41, 5.74) is 1.02. The second-order valence-corrected chi connectivity index (χ2v) is 6.54. The minimum absolute atomic E-state index is 0.171. The van der Waals surface area contributed by atoms with Crippen LogP contribution in [0.15, 0.2) is 60.7 Å². The zero-order valence-electron chi connectivity index (χ0n) is 13.1. The van der Waals surface area contributed by atoms with E-state index in [2.05, 4.69) is 10.6 Å². The first-order valence-electron chi connectivity index (χ1n) is 7.55. The van der Waals surface area contributed by atoms with E-state index in [0.717, 1.165) is 10.8 Å². The van der Waals surface area contributed by atoms with Crippen LogP contribution in [-0.2, 0) is 4.79 Å². The Bertz CT molecular complexity index is 954. The lowest BCUT2D eigenvalue weighted by atomic mass is 10.1. The molecule has 2 amide bonds. The van der Waals surface area contributed by atoms with Gasteiger partial charge in [0.15, 0.2) is 0 Å². The molecule has 0 aliphatic heterocycles. The van der Waals surface area contributed by atoms with Crippen LogP contribution in [-0.4, -0.2) is 18.4 Å². The molecule has 0 heterocycles. The van der Waals surface area contributed by atoms with Gasteiger partial charge in [0.1, 0.15) is 5.82 Å². The number of fused-ring (bicyclic) bond motifs is 1. The molecule has 25 heavy (non-hydrogen) atoms. The van der Waals surface area contributed by atoms with Crippen molar-refractivity contribution in [3.05, 3.63) is 75.6 Å². The third-order valence-electron chi connectivity index (χ3n) is 3.65. The molecule has 4 nitrogen and oxygen atoms in total. The number of hydrogen-bond donors (Lipinski definition) is 2. The molecule has 0 atom stereocenters. The van der Waals surface area contributed by atoms with Crippen LogP contribution >= 0.6 is 22.6 Å². The molecule has 3 rings (SSSR count). The van der Waals surface area contributed by atoms with Crippen molar-refractivity contribution in [1.29, 1.82) is 0 Å². The molecule has 0 aliphatic rings. The summed E-state index contributed by atoms with van der Waals surface area (Å²) in [5, 5.41) is 7.30. The van der Waals surface area contributed by atoms with Crippen LogP contribution in [0.1, 0.15) is 10.4 Å². The smallest absolute Gasteiger partial charge is 0.252 e. The lowest BCUT2D eigenvalue weighted by Gasteiger charge is -2.10. The predicted octanol–water partition coefficient (Wildman–Crippen LogP) is 3.95. The Balaban J connectivity index is 1.65. The maximum absolute atomic E-state index is 13.1. The van der Waals surface area contributed by atoms with Crippen molar-refractivity contribution in [2.75, 3.05) is 11.9 Å². The highest BCUT2D eigenvalue weighted by Crippen LogP contribution is 2.22. The number of benzene rings is 3. The third kappa shape index (κ3) is 4.14. The highest BCUT2D eigenvalue weighted by Gasteiger charge is 2.12. The number of amides is 2. The van der Waals surface area contributed by atoms with E-state index in [1.54, 1.807) is 0 Å². The van der Waals surface area contributed by atoms with Crippen LogP contribution in [0.3, 0.4) is 0 Å². The van der Waals surface area contributed by atoms with Crippen molar-refractivity contribution < 1.29 is 14.0 Å². The van der Waals surface area contributed by atoms with Crippen LogP contribution in [0.25, 0.3) is 10.8 Å². The Morgan fingerprint density at radius 1 is 1.00 bits per heavy atom. The molecule has 3 aromatic carbocycles. The monoisotopic (exact) mass is 448 g/mol. The number of anilines is 1. The first-order chi connectivity index (χ1) is 12.0. The van der Waals surface area contributed by atoms with Crippen molar-refractivity contribution in [2.24, 2.45) is 0 Å². The van der Waals surface area contributed by atoms with E-state index in [9.17, 15) is 14.0 Å². The SMILES string of the molecule is O=C(CNC(=O)c1ccc(F)cc1I)Nc1cccc2ccccc12. The van der Waals surface area contributed by atoms with Crippen molar-refractivity contribution in [1.82, 2.24) is 5.32 Å². The van der Waals surface area contributed by atoms with Gasteiger partial charge < -0.3 is 10.6 Å². The molecular formula is C19H14FIN2O2. The van der Waals surface area contributed by atoms with Crippen LogP contribution in [0.4, 0.5) is 10.1 Å². The van der Waals surface area contributed by atoms with E-state index in [0.29, 0.717) is 14.8 Å². The van der Waals surface area contributed by atoms with E-state index in [1.807, 2.05) is 65.1 Å². The molecule has 0 spiro atoms. The largest absolute Gasteiger partial charge is 0.343 e. The second-order valence-electron chi connectivity index (χ2n) is 5.38. The number of nitrogens with one attached hydrogen (secondary N) is 2. The van der Waals surface area contributed by atoms with Crippen molar-refractivity contribution in [3.63, 3.8) is 0 Å². The number of halogens is 2. The van der Waals surface area contributed by atoms with E-state index in [4.69, 9.17) is 0 Å². The van der Waals surface area contributed by atoms with E-state index in [-0.39, 0.29) is 12.5 Å². The Kier molecular flexibility index (Phi) is 5.28. The number of carbonyl (C=O) groups excluding carboxylic acids is 2. The fraction of sp³-hybridized carbons (Fsp3) is 0.0526. The molecule has 0 saturated carbocycles. The van der Waals surface area contributed by atoms with Crippen molar-refractivity contribution in [3.8, 4) is 0 Å². The minimum atomic E-state index is -0.419. The molecule has 0 fully saturated rings. The normalized spacial score (nSPS) is 10.5. The molecular weight excluding hydrogens is 434 g/mol. The first-order valence-corrected chi connectivity index (χ1v) is 8.63. The van der Waals surface area contributed by atoms with Gasteiger partial charge in [-0.15, -0.1) is 0 Å². The number of carbonyl (C=O) groups is 2. The molecule has 6 heteroatoms. The van der Waals surface area contributed by atoms with Gasteiger partial charge in [0.05, 0.1) is 12.1 Å². The fourth-order valence-corrected chi connectivity index (χ4v) is 3.18. The van der Waals surface area contributed by atoms with Gasteiger partial charge in [-0.25, -0.2) is 4.39 Å². The number of hydrogen-bond acceptors (Lipinski definition) is 2. The van der Waals surface area contributed by atoms with E-state index < -0.39 is 11.7 Å². The third-order valence-corrected chi connectivity index (χ3v) is 4.54. The second kappa shape index (κ2) is 7.60. The van der Waals surface area contributed by atoms with Gasteiger partial charge in [0.25, 0.3) is 5.91 Å². The Labute approximate surface area is 157 Å². The summed E-state index contributed by atoms with van der Waals surface area (Å²) in [7, 11) is 0. The van der Waals surface area contributed by atoms with Crippen LogP contribution in [0.2, 0.25) is 0 Å². The average molecular weight is 448 g/mol. The van der Waals surface area contributed by atoms with Gasteiger partial charge >= 0.3 is 0 Å². The Hall–Kier alpha value is -2.48. The lowest BCUT2D eigenvalue weighted by Crippen LogP contribution is -2.33. The molecule has 2 N–H and O–H groups in total. The van der Waals surface area contributed by atoms with E-state index in [1.165, 1.54) is 18.2 Å². The van der Waals surface area contributed by atoms with Gasteiger partial charge in [0.2, 0.25) is 5.91 Å². The van der Waals surface area contributed by atoms with Gasteiger partial charge in [0, 0.05) is 14.6 Å². The Morgan fingerprint density at radius 2 is 1.76 bits per heavy atom. The molecule has 3 aromatic rings. The van der Waals surface area contributed by atoms with Gasteiger partial charge in [-0.3, -0.25) is 9.59 Å². The summed E-state index contributed by atoms with van der Waals surface area (Å²) >= 11 is 1.88. The van der Waals surface area contributed by atoms with Crippen LogP contribution < -0.4 is 10.6 Å². The summed E-state index contributed by atoms with van der Waals surface area (Å²) in [6, 6.07) is 17.2. The number of rotatable bonds is 4. The summed E-state index contributed by atoms with van der Waals surface area (Å²) in [6.45, 7) is -0.171. The van der Waals surface area contributed by atoms with Gasteiger partial charge in [-0.05, 0) is 52.2 Å². The average Bonchev–Trinajstić information content (AvgIpc) is 2.60. The quantitative estimate of drug-likeness (QED) is 0.594. The minimum Gasteiger partial charge on any atom is -0.343 e. The maximum atomic E-state index is 13.1. The lowest BCUT2D eigenvalue weighted by molar-refractivity contribution is -0.115. The molecule has 0 radical (unpaired) electrons. The standard InChI is InChI=1S/C19H14FIN2O2/c20-13-8-9-15(16(21)10-13)19(25)22-11-18(24)23-17-7-3-5-12-4-1-2-6-14(12)17/h1-10H,11H2,(H,22,25)(H,23,24). The summed E-state index contributed by atoms with van der Waals surface area (Å²) in [5.74, 6) is -1.16. The maximum Gasteiger partial charge on any atom is 0.252 e. The topological polar surface area (TPSA) is 58.2 Å². The van der Waals surface area contributed by atoms with E-state index >= 15 is 0 Å². The zero-order chi connectivity index (χ0) is 17.8. The molecule has 0 aliphatic carbocycles. The molecule has 126 valence electrons. The summed E-state index contributed by atoms with van der Waals surface area (Å²) < 4.78 is 13.6. The predicted molar refractivity (Wildman–Crippen MR) is 104 cm³/mol. The fourth-order valence-electron chi connectivity index (χ4n) is 2.46. The van der Waals surface area contributed by atoms with Gasteiger partial charge in [-0.1, -0.05) is 36.4 Å². The van der Waals surface area contributed by atoms with Crippen molar-refractivity contribution >= 4 is 50.9 Å². The van der Waals surface area contributed by atoms with Crippen molar-refractivity contribution in [2.45, 2.75) is 0 Å². The van der Waals surface area contributed by atoms with Crippen LogP contribution in [0, 0.1) is 9.39 Å².